The van der Waals surface area contributed by atoms with Gasteiger partial charge in [-0.15, -0.1) is 0 Å². The first kappa shape index (κ1) is 13.2. The zero-order valence-electron chi connectivity index (χ0n) is 10.8. The van der Waals surface area contributed by atoms with E-state index in [4.69, 9.17) is 10.8 Å². The molecule has 2 aromatic rings. The van der Waals surface area contributed by atoms with Gasteiger partial charge in [-0.3, -0.25) is 0 Å². The number of hydrogen-bond donors (Lipinski definition) is 4. The first-order valence-corrected chi connectivity index (χ1v) is 6.54. The number of fused-ring (bicyclic) bond motifs is 1. The highest BCUT2D eigenvalue weighted by atomic mass is 16.3. The zero-order valence-corrected chi connectivity index (χ0v) is 10.8. The van der Waals surface area contributed by atoms with Gasteiger partial charge in [0.1, 0.15) is 18.2 Å². The number of aliphatic hydroxyl groups excluding tert-OH is 3. The lowest BCUT2D eigenvalue weighted by molar-refractivity contribution is 0.00131. The SMILES string of the molecule is Nc1ncnc2c1cnn2[C@@H]1C[C@H](CCO)[C@@H](O)[C@H]1O. The number of hydrogen-bond acceptors (Lipinski definition) is 7. The standard InChI is InChI=1S/C12H17N5O3/c13-11-7-4-16-17(12(7)15-5-14-11)8-3-6(1-2-18)9(19)10(8)20/h4-6,8-10,18-20H,1-3H2,(H2,13,14,15)/t6-,8+,9+,10-/m0/s1. The van der Waals surface area contributed by atoms with E-state index in [-0.39, 0.29) is 18.6 Å². The van der Waals surface area contributed by atoms with Crippen LogP contribution in [0.5, 0.6) is 0 Å². The van der Waals surface area contributed by atoms with Crippen molar-refractivity contribution in [2.24, 2.45) is 5.92 Å². The molecule has 1 aliphatic carbocycles. The molecule has 8 heteroatoms. The Morgan fingerprint density at radius 1 is 1.30 bits per heavy atom. The monoisotopic (exact) mass is 279 g/mol. The number of anilines is 1. The van der Waals surface area contributed by atoms with E-state index >= 15 is 0 Å². The maximum Gasteiger partial charge on any atom is 0.163 e. The molecule has 108 valence electrons. The molecule has 1 aliphatic rings. The normalized spacial score (nSPS) is 30.1. The summed E-state index contributed by atoms with van der Waals surface area (Å²) in [5.41, 5.74) is 6.30. The molecule has 0 unspecified atom stereocenters. The molecule has 8 nitrogen and oxygen atoms in total. The van der Waals surface area contributed by atoms with Crippen LogP contribution in [0.4, 0.5) is 5.82 Å². The van der Waals surface area contributed by atoms with Gasteiger partial charge in [0, 0.05) is 6.61 Å². The van der Waals surface area contributed by atoms with E-state index < -0.39 is 12.2 Å². The van der Waals surface area contributed by atoms with Crippen LogP contribution in [0.15, 0.2) is 12.5 Å². The Hall–Kier alpha value is -1.77. The second kappa shape index (κ2) is 4.97. The molecule has 0 saturated heterocycles. The second-order valence-electron chi connectivity index (χ2n) is 5.14. The maximum atomic E-state index is 10.2. The number of nitrogens with zero attached hydrogens (tertiary/aromatic N) is 4. The van der Waals surface area contributed by atoms with Crippen LogP contribution in [-0.2, 0) is 0 Å². The third-order valence-corrected chi connectivity index (χ3v) is 4.01. The van der Waals surface area contributed by atoms with Crippen molar-refractivity contribution in [3.63, 3.8) is 0 Å². The highest BCUT2D eigenvalue weighted by molar-refractivity contribution is 5.84. The van der Waals surface area contributed by atoms with Crippen LogP contribution in [0, 0.1) is 5.92 Å². The van der Waals surface area contributed by atoms with Gasteiger partial charge in [0.15, 0.2) is 5.65 Å². The summed E-state index contributed by atoms with van der Waals surface area (Å²) in [6, 6.07) is -0.381. The molecular weight excluding hydrogens is 262 g/mol. The molecule has 20 heavy (non-hydrogen) atoms. The van der Waals surface area contributed by atoms with Crippen molar-refractivity contribution >= 4 is 16.9 Å². The van der Waals surface area contributed by atoms with E-state index in [1.54, 1.807) is 10.9 Å². The van der Waals surface area contributed by atoms with E-state index in [2.05, 4.69) is 15.1 Å². The molecular formula is C12H17N5O3. The summed E-state index contributed by atoms with van der Waals surface area (Å²) in [5, 5.41) is 34.1. The average Bonchev–Trinajstić information content (AvgIpc) is 2.97. The Balaban J connectivity index is 1.97. The van der Waals surface area contributed by atoms with Crippen LogP contribution >= 0.6 is 0 Å². The van der Waals surface area contributed by atoms with Crippen LogP contribution in [0.2, 0.25) is 0 Å². The molecule has 2 aromatic heterocycles. The van der Waals surface area contributed by atoms with E-state index in [1.807, 2.05) is 0 Å². The number of nitrogens with two attached hydrogens (primary N) is 1. The lowest BCUT2D eigenvalue weighted by Gasteiger charge is -2.17. The lowest BCUT2D eigenvalue weighted by Crippen LogP contribution is -2.30. The van der Waals surface area contributed by atoms with Gasteiger partial charge < -0.3 is 21.1 Å². The predicted octanol–water partition coefficient (Wildman–Crippen LogP) is -0.926. The van der Waals surface area contributed by atoms with Crippen LogP contribution in [0.1, 0.15) is 18.9 Å². The van der Waals surface area contributed by atoms with Gasteiger partial charge in [-0.1, -0.05) is 0 Å². The molecule has 4 atom stereocenters. The third-order valence-electron chi connectivity index (χ3n) is 4.01. The first-order valence-electron chi connectivity index (χ1n) is 6.54. The van der Waals surface area contributed by atoms with Gasteiger partial charge in [0.2, 0.25) is 0 Å². The van der Waals surface area contributed by atoms with E-state index in [0.717, 1.165) is 0 Å². The molecule has 0 aromatic carbocycles. The van der Waals surface area contributed by atoms with Crippen LogP contribution in [0.3, 0.4) is 0 Å². The number of nitrogen functional groups attached to an aromatic ring is 1. The summed E-state index contributed by atoms with van der Waals surface area (Å²) in [6.45, 7) is -0.0177. The van der Waals surface area contributed by atoms with Crippen molar-refractivity contribution in [1.29, 1.82) is 0 Å². The van der Waals surface area contributed by atoms with Crippen molar-refractivity contribution in [3.8, 4) is 0 Å². The van der Waals surface area contributed by atoms with Crippen molar-refractivity contribution in [2.75, 3.05) is 12.3 Å². The molecule has 0 bridgehead atoms. The highest BCUT2D eigenvalue weighted by Gasteiger charge is 2.43. The van der Waals surface area contributed by atoms with Gasteiger partial charge >= 0.3 is 0 Å². The summed E-state index contributed by atoms with van der Waals surface area (Å²) in [6.07, 6.45) is 2.08. The Bertz CT molecular complexity index is 616. The molecule has 2 heterocycles. The van der Waals surface area contributed by atoms with Crippen molar-refractivity contribution in [2.45, 2.75) is 31.1 Å². The Kier molecular flexibility index (Phi) is 3.28. The molecule has 3 rings (SSSR count). The first-order chi connectivity index (χ1) is 9.63. The van der Waals surface area contributed by atoms with Crippen molar-refractivity contribution < 1.29 is 15.3 Å². The van der Waals surface area contributed by atoms with E-state index in [9.17, 15) is 10.2 Å². The lowest BCUT2D eigenvalue weighted by atomic mass is 10.0. The molecule has 0 spiro atoms. The largest absolute Gasteiger partial charge is 0.396 e. The average molecular weight is 279 g/mol. The molecule has 1 saturated carbocycles. The summed E-state index contributed by atoms with van der Waals surface area (Å²) in [7, 11) is 0. The fraction of sp³-hybridized carbons (Fsp3) is 0.583. The summed E-state index contributed by atoms with van der Waals surface area (Å²) in [5.74, 6) is 0.180. The summed E-state index contributed by atoms with van der Waals surface area (Å²) >= 11 is 0. The topological polar surface area (TPSA) is 130 Å². The fourth-order valence-electron chi connectivity index (χ4n) is 2.92. The fourth-order valence-corrected chi connectivity index (χ4v) is 2.92. The van der Waals surface area contributed by atoms with Crippen molar-refractivity contribution in [1.82, 2.24) is 19.7 Å². The second-order valence-corrected chi connectivity index (χ2v) is 5.14. The van der Waals surface area contributed by atoms with E-state index in [0.29, 0.717) is 29.7 Å². The molecule has 0 radical (unpaired) electrons. The maximum absolute atomic E-state index is 10.2. The van der Waals surface area contributed by atoms with Crippen LogP contribution in [0.25, 0.3) is 11.0 Å². The van der Waals surface area contributed by atoms with Crippen LogP contribution in [-0.4, -0.2) is 53.9 Å². The molecule has 1 fully saturated rings. The summed E-state index contributed by atoms with van der Waals surface area (Å²) < 4.78 is 1.58. The number of aromatic nitrogens is 4. The minimum atomic E-state index is -0.939. The van der Waals surface area contributed by atoms with Gasteiger partial charge in [-0.25, -0.2) is 14.6 Å². The van der Waals surface area contributed by atoms with Gasteiger partial charge in [0.25, 0.3) is 0 Å². The van der Waals surface area contributed by atoms with Gasteiger partial charge in [-0.05, 0) is 18.8 Å². The van der Waals surface area contributed by atoms with Gasteiger partial charge in [0.05, 0.1) is 23.7 Å². The quantitative estimate of drug-likeness (QED) is 0.571. The van der Waals surface area contributed by atoms with Gasteiger partial charge in [-0.2, -0.15) is 5.10 Å². The Morgan fingerprint density at radius 3 is 2.85 bits per heavy atom. The Labute approximate surface area is 114 Å². The minimum Gasteiger partial charge on any atom is -0.396 e. The highest BCUT2D eigenvalue weighted by Crippen LogP contribution is 2.38. The summed E-state index contributed by atoms with van der Waals surface area (Å²) in [4.78, 5) is 8.04. The number of rotatable bonds is 3. The van der Waals surface area contributed by atoms with E-state index in [1.165, 1.54) is 6.33 Å². The number of aliphatic hydroxyl groups is 3. The van der Waals surface area contributed by atoms with Crippen molar-refractivity contribution in [3.05, 3.63) is 12.5 Å². The predicted molar refractivity (Wildman–Crippen MR) is 70.6 cm³/mol. The zero-order chi connectivity index (χ0) is 14.3. The Morgan fingerprint density at radius 2 is 2.10 bits per heavy atom. The van der Waals surface area contributed by atoms with Crippen LogP contribution < -0.4 is 5.73 Å². The smallest absolute Gasteiger partial charge is 0.163 e. The molecule has 0 aliphatic heterocycles. The third kappa shape index (κ3) is 1.92. The molecule has 0 amide bonds. The molecule has 5 N–H and O–H groups in total. The minimum absolute atomic E-state index is 0.0177.